The fourth-order valence-corrected chi connectivity index (χ4v) is 1.72. The Morgan fingerprint density at radius 2 is 2.12 bits per heavy atom. The van der Waals surface area contributed by atoms with Gasteiger partial charge in [0.15, 0.2) is 5.84 Å². The van der Waals surface area contributed by atoms with Crippen LogP contribution in [0.1, 0.15) is 5.69 Å². The minimum absolute atomic E-state index is 0.109. The molecule has 0 amide bonds. The Morgan fingerprint density at radius 1 is 1.31 bits per heavy atom. The van der Waals surface area contributed by atoms with E-state index in [0.29, 0.717) is 10.2 Å². The molecule has 2 heterocycles. The summed E-state index contributed by atoms with van der Waals surface area (Å²) in [5.41, 5.74) is 5.74. The summed E-state index contributed by atoms with van der Waals surface area (Å²) in [5.74, 6) is -0.109. The lowest BCUT2D eigenvalue weighted by atomic mass is 10.4. The van der Waals surface area contributed by atoms with Crippen LogP contribution in [0.25, 0.3) is 0 Å². The molecule has 16 heavy (non-hydrogen) atoms. The minimum Gasteiger partial charge on any atom is -0.440 e. The predicted molar refractivity (Wildman–Crippen MR) is 55.2 cm³/mol. The highest BCUT2D eigenvalue weighted by molar-refractivity contribution is 7.99. The molecule has 2 aromatic rings. The van der Waals surface area contributed by atoms with E-state index in [9.17, 15) is 0 Å². The Kier molecular flexibility index (Phi) is 3.01. The average molecular weight is 237 g/mol. The summed E-state index contributed by atoms with van der Waals surface area (Å²) in [5, 5.41) is 12.3. The lowest BCUT2D eigenvalue weighted by Crippen LogP contribution is -2.16. The van der Waals surface area contributed by atoms with Crippen molar-refractivity contribution in [1.29, 1.82) is 0 Å². The van der Waals surface area contributed by atoms with Crippen molar-refractivity contribution >= 4 is 17.6 Å². The molecule has 3 N–H and O–H groups in total. The third-order valence-electron chi connectivity index (χ3n) is 1.61. The van der Waals surface area contributed by atoms with Crippen LogP contribution in [0.2, 0.25) is 0 Å². The molecule has 7 nitrogen and oxygen atoms in total. The van der Waals surface area contributed by atoms with Crippen LogP contribution in [-0.4, -0.2) is 26.0 Å². The molecule has 0 fully saturated rings. The third-order valence-corrected chi connectivity index (χ3v) is 2.48. The maximum absolute atomic E-state index is 8.59. The van der Waals surface area contributed by atoms with Crippen LogP contribution >= 0.6 is 11.8 Å². The van der Waals surface area contributed by atoms with Crippen LogP contribution in [0.3, 0.4) is 0 Å². The predicted octanol–water partition coefficient (Wildman–Crippen LogP) is 0.710. The van der Waals surface area contributed by atoms with Gasteiger partial charge in [0.2, 0.25) is 0 Å². The highest BCUT2D eigenvalue weighted by Crippen LogP contribution is 2.25. The molecule has 0 aliphatic rings. The van der Waals surface area contributed by atoms with Crippen molar-refractivity contribution in [2.75, 3.05) is 0 Å². The third kappa shape index (κ3) is 2.11. The second-order valence-corrected chi connectivity index (χ2v) is 3.54. The van der Waals surface area contributed by atoms with Gasteiger partial charge in [-0.15, -0.1) is 0 Å². The lowest BCUT2D eigenvalue weighted by Gasteiger charge is -2.02. The standard InChI is InChI=1S/C8H7N5O2S/c9-6(13-14)5-7(11-2-1-10-5)16-8-12-3-4-15-8/h1-4,14H,(H2,9,13). The number of amidine groups is 1. The highest BCUT2D eigenvalue weighted by Gasteiger charge is 2.13. The molecule has 0 aliphatic carbocycles. The fraction of sp³-hybridized carbons (Fsp3) is 0. The van der Waals surface area contributed by atoms with Gasteiger partial charge in [-0.2, -0.15) is 0 Å². The Morgan fingerprint density at radius 3 is 2.81 bits per heavy atom. The topological polar surface area (TPSA) is 110 Å². The van der Waals surface area contributed by atoms with E-state index in [1.54, 1.807) is 0 Å². The van der Waals surface area contributed by atoms with Gasteiger partial charge >= 0.3 is 0 Å². The molecule has 0 saturated heterocycles. The normalized spacial score (nSPS) is 11.6. The summed E-state index contributed by atoms with van der Waals surface area (Å²) in [7, 11) is 0. The Labute approximate surface area is 94.4 Å². The summed E-state index contributed by atoms with van der Waals surface area (Å²) in [6.07, 6.45) is 5.91. The number of nitrogens with zero attached hydrogens (tertiary/aromatic N) is 4. The van der Waals surface area contributed by atoms with E-state index in [2.05, 4.69) is 20.1 Å². The zero-order valence-corrected chi connectivity index (χ0v) is 8.76. The van der Waals surface area contributed by atoms with E-state index in [-0.39, 0.29) is 11.5 Å². The summed E-state index contributed by atoms with van der Waals surface area (Å²) < 4.78 is 5.05. The smallest absolute Gasteiger partial charge is 0.262 e. The average Bonchev–Trinajstić information content (AvgIpc) is 2.82. The Hall–Kier alpha value is -2.09. The van der Waals surface area contributed by atoms with Gasteiger partial charge in [0.25, 0.3) is 5.22 Å². The first-order chi connectivity index (χ1) is 7.81. The van der Waals surface area contributed by atoms with E-state index in [4.69, 9.17) is 15.4 Å². The number of nitrogens with two attached hydrogens (primary N) is 1. The first-order valence-corrected chi connectivity index (χ1v) is 4.99. The fourth-order valence-electron chi connectivity index (χ4n) is 0.966. The quantitative estimate of drug-likeness (QED) is 0.350. The Bertz CT molecular complexity index is 499. The first kappa shape index (κ1) is 10.4. The van der Waals surface area contributed by atoms with Crippen LogP contribution in [0, 0.1) is 0 Å². The molecule has 0 spiro atoms. The summed E-state index contributed by atoms with van der Waals surface area (Å²) in [4.78, 5) is 11.9. The van der Waals surface area contributed by atoms with E-state index < -0.39 is 0 Å². The molecule has 0 radical (unpaired) electrons. The van der Waals surface area contributed by atoms with Crippen LogP contribution in [0.5, 0.6) is 0 Å². The van der Waals surface area contributed by atoms with E-state index in [1.165, 1.54) is 24.9 Å². The molecule has 82 valence electrons. The van der Waals surface area contributed by atoms with Crippen molar-refractivity contribution in [3.63, 3.8) is 0 Å². The number of oxime groups is 1. The van der Waals surface area contributed by atoms with Gasteiger partial charge in [-0.3, -0.25) is 0 Å². The monoisotopic (exact) mass is 237 g/mol. The number of aromatic nitrogens is 3. The zero-order chi connectivity index (χ0) is 11.4. The maximum Gasteiger partial charge on any atom is 0.262 e. The van der Waals surface area contributed by atoms with Crippen molar-refractivity contribution < 1.29 is 9.62 Å². The van der Waals surface area contributed by atoms with Crippen molar-refractivity contribution in [2.24, 2.45) is 10.9 Å². The van der Waals surface area contributed by atoms with Gasteiger partial charge in [0.05, 0.1) is 6.20 Å². The molecular formula is C8H7N5O2S. The van der Waals surface area contributed by atoms with Gasteiger partial charge < -0.3 is 15.4 Å². The van der Waals surface area contributed by atoms with Gasteiger partial charge in [0.1, 0.15) is 17.0 Å². The van der Waals surface area contributed by atoms with Gasteiger partial charge in [-0.25, -0.2) is 15.0 Å². The lowest BCUT2D eigenvalue weighted by molar-refractivity contribution is 0.318. The van der Waals surface area contributed by atoms with Crippen molar-refractivity contribution in [3.05, 3.63) is 30.5 Å². The number of oxazole rings is 1. The molecule has 0 aliphatic heterocycles. The molecule has 2 rings (SSSR count). The molecule has 0 aromatic carbocycles. The number of hydrogen-bond donors (Lipinski definition) is 2. The van der Waals surface area contributed by atoms with Crippen molar-refractivity contribution in [1.82, 2.24) is 15.0 Å². The molecule has 0 unspecified atom stereocenters. The first-order valence-electron chi connectivity index (χ1n) is 4.17. The molecule has 8 heteroatoms. The molecule has 0 saturated carbocycles. The van der Waals surface area contributed by atoms with Gasteiger partial charge in [-0.05, 0) is 11.8 Å². The number of hydrogen-bond acceptors (Lipinski definition) is 7. The SMILES string of the molecule is N/C(=N/O)c1nccnc1Sc1ncco1. The molecule has 0 atom stereocenters. The van der Waals surface area contributed by atoms with E-state index in [0.717, 1.165) is 11.8 Å². The summed E-state index contributed by atoms with van der Waals surface area (Å²) in [6.45, 7) is 0. The van der Waals surface area contributed by atoms with Gasteiger partial charge in [0, 0.05) is 12.4 Å². The summed E-state index contributed by atoms with van der Waals surface area (Å²) in [6, 6.07) is 0. The van der Waals surface area contributed by atoms with Crippen molar-refractivity contribution in [3.8, 4) is 0 Å². The summed E-state index contributed by atoms with van der Waals surface area (Å²) >= 11 is 1.14. The highest BCUT2D eigenvalue weighted by atomic mass is 32.2. The van der Waals surface area contributed by atoms with Crippen LogP contribution in [0.4, 0.5) is 0 Å². The van der Waals surface area contributed by atoms with Gasteiger partial charge in [-0.1, -0.05) is 5.16 Å². The zero-order valence-electron chi connectivity index (χ0n) is 7.94. The van der Waals surface area contributed by atoms with E-state index in [1.807, 2.05) is 0 Å². The van der Waals surface area contributed by atoms with Crippen LogP contribution < -0.4 is 5.73 Å². The second-order valence-electron chi connectivity index (χ2n) is 2.60. The van der Waals surface area contributed by atoms with Crippen molar-refractivity contribution in [2.45, 2.75) is 10.2 Å². The number of rotatable bonds is 3. The largest absolute Gasteiger partial charge is 0.440 e. The molecule has 2 aromatic heterocycles. The maximum atomic E-state index is 8.59. The van der Waals surface area contributed by atoms with E-state index >= 15 is 0 Å². The van der Waals surface area contributed by atoms with Crippen LogP contribution in [-0.2, 0) is 0 Å². The molecule has 0 bridgehead atoms. The molecular weight excluding hydrogens is 230 g/mol. The van der Waals surface area contributed by atoms with Crippen LogP contribution in [0.15, 0.2) is 44.7 Å². The minimum atomic E-state index is -0.109. The Balaban J connectivity index is 2.34. The second kappa shape index (κ2) is 4.62.